The van der Waals surface area contributed by atoms with Crippen LogP contribution in [0, 0.1) is 5.92 Å². The lowest BCUT2D eigenvalue weighted by molar-refractivity contribution is -0.138. The molecule has 5 nitrogen and oxygen atoms in total. The van der Waals surface area contributed by atoms with Gasteiger partial charge in [0, 0.05) is 20.1 Å². The Labute approximate surface area is 121 Å². The molecule has 2 aliphatic rings. The predicted molar refractivity (Wildman–Crippen MR) is 78.2 cm³/mol. The molecule has 0 aromatic rings. The Bertz CT molecular complexity index is 364. The molecule has 1 saturated heterocycles. The Balaban J connectivity index is 2.12. The summed E-state index contributed by atoms with van der Waals surface area (Å²) >= 11 is 0. The first kappa shape index (κ1) is 15.3. The van der Waals surface area contributed by atoms with Crippen LogP contribution in [0.4, 0.5) is 0 Å². The first-order valence-corrected chi connectivity index (χ1v) is 7.90. The molecular weight excluding hydrogens is 254 g/mol. The summed E-state index contributed by atoms with van der Waals surface area (Å²) in [4.78, 5) is 28.9. The van der Waals surface area contributed by atoms with Crippen LogP contribution in [-0.2, 0) is 9.59 Å². The number of carbonyl (C=O) groups excluding carboxylic acids is 2. The second-order valence-corrected chi connectivity index (χ2v) is 5.80. The lowest BCUT2D eigenvalue weighted by Gasteiger charge is -2.33. The van der Waals surface area contributed by atoms with Crippen LogP contribution in [0.25, 0.3) is 0 Å². The van der Waals surface area contributed by atoms with E-state index in [2.05, 4.69) is 10.2 Å². The number of likely N-dealkylation sites (N-methyl/N-ethyl adjacent to an activating group) is 2. The molecular formula is C15H27N3O2. The number of nitrogens with zero attached hydrogens (tertiary/aromatic N) is 2. The van der Waals surface area contributed by atoms with E-state index in [1.165, 1.54) is 0 Å². The zero-order chi connectivity index (χ0) is 14.7. The average Bonchev–Trinajstić information content (AvgIpc) is 3.17. The van der Waals surface area contributed by atoms with Gasteiger partial charge in [0.05, 0.1) is 12.1 Å². The second kappa shape index (κ2) is 6.57. The number of hydrogen-bond acceptors (Lipinski definition) is 3. The van der Waals surface area contributed by atoms with E-state index >= 15 is 0 Å². The maximum atomic E-state index is 12.6. The Morgan fingerprint density at radius 2 is 1.90 bits per heavy atom. The molecule has 1 heterocycles. The van der Waals surface area contributed by atoms with Gasteiger partial charge in [-0.25, -0.2) is 0 Å². The van der Waals surface area contributed by atoms with E-state index in [9.17, 15) is 9.59 Å². The zero-order valence-corrected chi connectivity index (χ0v) is 12.9. The van der Waals surface area contributed by atoms with Crippen molar-refractivity contribution >= 4 is 11.8 Å². The zero-order valence-electron chi connectivity index (χ0n) is 12.9. The number of carbonyl (C=O) groups is 2. The quantitative estimate of drug-likeness (QED) is 0.785. The first-order valence-electron chi connectivity index (χ1n) is 7.90. The molecule has 0 radical (unpaired) electrons. The number of amides is 2. The van der Waals surface area contributed by atoms with Crippen molar-refractivity contribution in [3.05, 3.63) is 0 Å². The normalized spacial score (nSPS) is 24.4. The third-order valence-corrected chi connectivity index (χ3v) is 4.60. The largest absolute Gasteiger partial charge is 0.358 e. The molecule has 2 rings (SSSR count). The summed E-state index contributed by atoms with van der Waals surface area (Å²) < 4.78 is 0. The highest BCUT2D eigenvalue weighted by atomic mass is 16.2. The molecule has 1 aliphatic heterocycles. The van der Waals surface area contributed by atoms with Gasteiger partial charge in [0.1, 0.15) is 0 Å². The van der Waals surface area contributed by atoms with Crippen molar-refractivity contribution in [2.45, 2.75) is 51.6 Å². The number of hydrogen-bond donors (Lipinski definition) is 1. The predicted octanol–water partition coefficient (Wildman–Crippen LogP) is 0.844. The van der Waals surface area contributed by atoms with Gasteiger partial charge < -0.3 is 10.2 Å². The lowest BCUT2D eigenvalue weighted by atomic mass is 10.1. The van der Waals surface area contributed by atoms with Crippen LogP contribution in [0.2, 0.25) is 0 Å². The molecule has 0 aromatic carbocycles. The molecule has 2 atom stereocenters. The minimum atomic E-state index is -0.105. The smallest absolute Gasteiger partial charge is 0.239 e. The monoisotopic (exact) mass is 281 g/mol. The molecule has 0 bridgehead atoms. The summed E-state index contributed by atoms with van der Waals surface area (Å²) in [5, 5.41) is 2.77. The minimum absolute atomic E-state index is 0.0757. The summed E-state index contributed by atoms with van der Waals surface area (Å²) in [6, 6.07) is -0.204. The van der Waals surface area contributed by atoms with Crippen molar-refractivity contribution in [3.63, 3.8) is 0 Å². The van der Waals surface area contributed by atoms with Crippen LogP contribution < -0.4 is 5.32 Å². The van der Waals surface area contributed by atoms with E-state index in [1.54, 1.807) is 7.05 Å². The van der Waals surface area contributed by atoms with Crippen LogP contribution in [0.5, 0.6) is 0 Å². The highest BCUT2D eigenvalue weighted by Gasteiger charge is 2.46. The maximum Gasteiger partial charge on any atom is 0.239 e. The van der Waals surface area contributed by atoms with Crippen molar-refractivity contribution in [3.8, 4) is 0 Å². The summed E-state index contributed by atoms with van der Waals surface area (Å²) in [7, 11) is 1.69. The topological polar surface area (TPSA) is 52.7 Å². The fraction of sp³-hybridized carbons (Fsp3) is 0.867. The van der Waals surface area contributed by atoms with Gasteiger partial charge in [-0.15, -0.1) is 0 Å². The fourth-order valence-electron chi connectivity index (χ4n) is 3.33. The molecule has 2 amide bonds. The van der Waals surface area contributed by atoms with Crippen LogP contribution >= 0.6 is 0 Å². The molecule has 1 aliphatic carbocycles. The van der Waals surface area contributed by atoms with Crippen LogP contribution in [0.1, 0.15) is 39.5 Å². The van der Waals surface area contributed by atoms with Crippen molar-refractivity contribution < 1.29 is 9.59 Å². The van der Waals surface area contributed by atoms with E-state index < -0.39 is 0 Å². The Hall–Kier alpha value is -1.10. The maximum absolute atomic E-state index is 12.6. The van der Waals surface area contributed by atoms with Crippen molar-refractivity contribution in [2.24, 2.45) is 5.92 Å². The van der Waals surface area contributed by atoms with Gasteiger partial charge >= 0.3 is 0 Å². The third kappa shape index (κ3) is 2.97. The van der Waals surface area contributed by atoms with Gasteiger partial charge in [0.25, 0.3) is 0 Å². The van der Waals surface area contributed by atoms with Gasteiger partial charge in [0.2, 0.25) is 11.8 Å². The van der Waals surface area contributed by atoms with Gasteiger partial charge in [-0.3, -0.25) is 14.5 Å². The van der Waals surface area contributed by atoms with Gasteiger partial charge in [-0.1, -0.05) is 0 Å². The molecule has 0 spiro atoms. The molecule has 1 N–H and O–H groups in total. The van der Waals surface area contributed by atoms with Crippen molar-refractivity contribution in [1.82, 2.24) is 15.1 Å². The number of nitrogens with one attached hydrogen (secondary N) is 1. The molecule has 2 fully saturated rings. The summed E-state index contributed by atoms with van der Waals surface area (Å²) in [6.07, 6.45) is 4.12. The van der Waals surface area contributed by atoms with Crippen LogP contribution in [0.3, 0.4) is 0 Å². The minimum Gasteiger partial charge on any atom is -0.358 e. The first-order chi connectivity index (χ1) is 9.63. The van der Waals surface area contributed by atoms with E-state index in [1.807, 2.05) is 18.7 Å². The lowest BCUT2D eigenvalue weighted by Crippen LogP contribution is -2.54. The van der Waals surface area contributed by atoms with Gasteiger partial charge in [-0.2, -0.15) is 0 Å². The number of likely N-dealkylation sites (tertiary alicyclic amines) is 1. The molecule has 1 saturated carbocycles. The summed E-state index contributed by atoms with van der Waals surface area (Å²) in [5.41, 5.74) is 0. The van der Waals surface area contributed by atoms with E-state index in [-0.39, 0.29) is 23.9 Å². The Morgan fingerprint density at radius 1 is 1.25 bits per heavy atom. The second-order valence-electron chi connectivity index (χ2n) is 5.80. The highest BCUT2D eigenvalue weighted by Crippen LogP contribution is 2.38. The van der Waals surface area contributed by atoms with E-state index in [0.717, 1.165) is 45.3 Å². The molecule has 20 heavy (non-hydrogen) atoms. The Kier molecular flexibility index (Phi) is 5.02. The van der Waals surface area contributed by atoms with Gasteiger partial charge in [-0.05, 0) is 52.0 Å². The number of rotatable bonds is 6. The van der Waals surface area contributed by atoms with Crippen molar-refractivity contribution in [1.29, 1.82) is 0 Å². The molecule has 5 heteroatoms. The average molecular weight is 281 g/mol. The third-order valence-electron chi connectivity index (χ3n) is 4.60. The molecule has 0 aromatic heterocycles. The van der Waals surface area contributed by atoms with Crippen LogP contribution in [-0.4, -0.2) is 60.4 Å². The standard InChI is InChI=1S/C15H27N3O2/c1-4-17(5-2)15(20)12-7-6-10-18(12)13(11-8-9-11)14(19)16-3/h11-13H,4-10H2,1-3H3,(H,16,19)/t12-,13+/m0/s1. The Morgan fingerprint density at radius 3 is 2.40 bits per heavy atom. The molecule has 114 valence electrons. The van der Waals surface area contributed by atoms with E-state index in [0.29, 0.717) is 5.92 Å². The van der Waals surface area contributed by atoms with E-state index in [4.69, 9.17) is 0 Å². The van der Waals surface area contributed by atoms with Crippen molar-refractivity contribution in [2.75, 3.05) is 26.7 Å². The summed E-state index contributed by atoms with van der Waals surface area (Å²) in [6.45, 7) is 6.38. The SMILES string of the molecule is CCN(CC)C(=O)[C@@H]1CCCN1[C@@H](C(=O)NC)C1CC1. The fourth-order valence-corrected chi connectivity index (χ4v) is 3.33. The molecule has 0 unspecified atom stereocenters. The highest BCUT2D eigenvalue weighted by molar-refractivity contribution is 5.86. The van der Waals surface area contributed by atoms with Crippen LogP contribution in [0.15, 0.2) is 0 Å². The van der Waals surface area contributed by atoms with Gasteiger partial charge in [0.15, 0.2) is 0 Å². The summed E-state index contributed by atoms with van der Waals surface area (Å²) in [5.74, 6) is 0.717.